The van der Waals surface area contributed by atoms with Crippen molar-refractivity contribution in [2.75, 3.05) is 10.7 Å². The zero-order valence-corrected chi connectivity index (χ0v) is 13.1. The molecule has 0 bridgehead atoms. The molecule has 0 saturated heterocycles. The topological polar surface area (TPSA) is 80.0 Å². The van der Waals surface area contributed by atoms with E-state index in [0.717, 1.165) is 0 Å². The van der Waals surface area contributed by atoms with Crippen molar-refractivity contribution in [1.82, 2.24) is 4.98 Å². The van der Waals surface area contributed by atoms with E-state index in [9.17, 15) is 4.79 Å². The number of carbonyl (C=O) groups excluding carboxylic acids is 1. The normalized spacial score (nSPS) is 10.2. The Hall–Kier alpha value is -1.34. The number of aromatic nitrogens is 1. The Kier molecular flexibility index (Phi) is 4.82. The molecule has 0 radical (unpaired) electrons. The van der Waals surface area contributed by atoms with E-state index >= 15 is 0 Å². The number of pyridine rings is 1. The van der Waals surface area contributed by atoms with Gasteiger partial charge >= 0.3 is 0 Å². The van der Waals surface area contributed by atoms with Crippen LogP contribution in [0.15, 0.2) is 34.8 Å². The zero-order chi connectivity index (χ0) is 14.7. The van der Waals surface area contributed by atoms with Crippen molar-refractivity contribution in [1.29, 1.82) is 0 Å². The molecule has 0 unspecified atom stereocenters. The van der Waals surface area contributed by atoms with E-state index in [1.807, 2.05) is 0 Å². The lowest BCUT2D eigenvalue weighted by molar-refractivity contribution is 0.102. The lowest BCUT2D eigenvalue weighted by Gasteiger charge is -2.09. The number of benzene rings is 1. The smallest absolute Gasteiger partial charge is 0.275 e. The Morgan fingerprint density at radius 2 is 2.00 bits per heavy atom. The molecule has 2 aromatic rings. The van der Waals surface area contributed by atoms with Gasteiger partial charge in [-0.05, 0) is 46.3 Å². The molecule has 1 heterocycles. The molecule has 0 aliphatic heterocycles. The number of hydrogen-bond donors (Lipinski definition) is 3. The van der Waals surface area contributed by atoms with Gasteiger partial charge in [-0.3, -0.25) is 4.79 Å². The number of nitrogens with one attached hydrogen (secondary N) is 2. The first-order valence-electron chi connectivity index (χ1n) is 5.41. The summed E-state index contributed by atoms with van der Waals surface area (Å²) in [6.07, 6.45) is 0. The number of amides is 1. The molecular formula is C12H9BrCl2N4O. The van der Waals surface area contributed by atoms with Crippen LogP contribution in [0, 0.1) is 0 Å². The SMILES string of the molecule is NNc1ccc(Cl)c(C(=O)Nc2ccc(Cl)cc2Br)n1. The molecular weight excluding hydrogens is 367 g/mol. The van der Waals surface area contributed by atoms with Crippen molar-refractivity contribution in [3.63, 3.8) is 0 Å². The molecule has 0 atom stereocenters. The highest BCUT2D eigenvalue weighted by Crippen LogP contribution is 2.27. The second-order valence-electron chi connectivity index (χ2n) is 3.75. The van der Waals surface area contributed by atoms with Gasteiger partial charge < -0.3 is 10.7 Å². The maximum Gasteiger partial charge on any atom is 0.275 e. The van der Waals surface area contributed by atoms with Crippen LogP contribution in [-0.4, -0.2) is 10.9 Å². The van der Waals surface area contributed by atoms with Gasteiger partial charge in [0.2, 0.25) is 0 Å². The molecule has 2 rings (SSSR count). The monoisotopic (exact) mass is 374 g/mol. The van der Waals surface area contributed by atoms with E-state index in [0.29, 0.717) is 21.0 Å². The molecule has 104 valence electrons. The van der Waals surface area contributed by atoms with Gasteiger partial charge in [-0.15, -0.1) is 0 Å². The standard InChI is InChI=1S/C12H9BrCl2N4O/c13-7-5-6(14)1-3-9(7)17-12(20)11-8(15)2-4-10(18-11)19-16/h1-5H,16H2,(H,17,20)(H,18,19). The minimum absolute atomic E-state index is 0.0731. The van der Waals surface area contributed by atoms with Crippen LogP contribution in [-0.2, 0) is 0 Å². The summed E-state index contributed by atoms with van der Waals surface area (Å²) >= 11 is 15.1. The first-order valence-corrected chi connectivity index (χ1v) is 6.95. The number of nitrogen functional groups attached to an aromatic ring is 1. The number of nitrogens with zero attached hydrogens (tertiary/aromatic N) is 1. The third-order valence-electron chi connectivity index (χ3n) is 2.39. The van der Waals surface area contributed by atoms with Gasteiger partial charge in [-0.2, -0.15) is 0 Å². The number of anilines is 2. The molecule has 0 aliphatic rings. The molecule has 0 saturated carbocycles. The molecule has 1 aromatic heterocycles. The minimum atomic E-state index is -0.449. The number of hydrazine groups is 1. The summed E-state index contributed by atoms with van der Waals surface area (Å²) in [6, 6.07) is 8.11. The Morgan fingerprint density at radius 3 is 2.65 bits per heavy atom. The van der Waals surface area contributed by atoms with Gasteiger partial charge in [0, 0.05) is 9.50 Å². The maximum atomic E-state index is 12.2. The second-order valence-corrected chi connectivity index (χ2v) is 5.45. The van der Waals surface area contributed by atoms with E-state index in [-0.39, 0.29) is 10.7 Å². The number of carbonyl (C=O) groups is 1. The van der Waals surface area contributed by atoms with Gasteiger partial charge in [-0.25, -0.2) is 10.8 Å². The summed E-state index contributed by atoms with van der Waals surface area (Å²) in [6.45, 7) is 0. The highest BCUT2D eigenvalue weighted by atomic mass is 79.9. The van der Waals surface area contributed by atoms with Crippen LogP contribution in [0.25, 0.3) is 0 Å². The van der Waals surface area contributed by atoms with E-state index in [1.54, 1.807) is 24.3 Å². The average molecular weight is 376 g/mol. The summed E-state index contributed by atoms with van der Waals surface area (Å²) in [5.74, 6) is 5.15. The van der Waals surface area contributed by atoms with Crippen molar-refractivity contribution in [2.24, 2.45) is 5.84 Å². The third kappa shape index (κ3) is 3.40. The summed E-state index contributed by atoms with van der Waals surface area (Å²) in [5.41, 5.74) is 2.99. The Balaban J connectivity index is 2.28. The lowest BCUT2D eigenvalue weighted by Crippen LogP contribution is -2.17. The third-order valence-corrected chi connectivity index (χ3v) is 3.58. The summed E-state index contributed by atoms with van der Waals surface area (Å²) in [4.78, 5) is 16.2. The van der Waals surface area contributed by atoms with Gasteiger partial charge in [0.05, 0.1) is 10.7 Å². The molecule has 0 spiro atoms. The largest absolute Gasteiger partial charge is 0.320 e. The number of rotatable bonds is 3. The predicted molar refractivity (Wildman–Crippen MR) is 84.2 cm³/mol. The predicted octanol–water partition coefficient (Wildman–Crippen LogP) is 3.69. The maximum absolute atomic E-state index is 12.2. The Bertz CT molecular complexity index is 666. The van der Waals surface area contributed by atoms with Crippen LogP contribution in [0.3, 0.4) is 0 Å². The minimum Gasteiger partial charge on any atom is -0.320 e. The van der Waals surface area contributed by atoms with Crippen molar-refractivity contribution in [2.45, 2.75) is 0 Å². The van der Waals surface area contributed by atoms with E-state index < -0.39 is 5.91 Å². The van der Waals surface area contributed by atoms with Crippen LogP contribution < -0.4 is 16.6 Å². The van der Waals surface area contributed by atoms with Gasteiger partial charge in [0.15, 0.2) is 0 Å². The van der Waals surface area contributed by atoms with Crippen LogP contribution >= 0.6 is 39.1 Å². The van der Waals surface area contributed by atoms with Gasteiger partial charge in [0.1, 0.15) is 11.5 Å². The summed E-state index contributed by atoms with van der Waals surface area (Å²) in [5, 5.41) is 3.47. The van der Waals surface area contributed by atoms with E-state index in [1.165, 1.54) is 6.07 Å². The number of halogens is 3. The first kappa shape index (κ1) is 15.1. The Morgan fingerprint density at radius 1 is 1.25 bits per heavy atom. The van der Waals surface area contributed by atoms with Crippen molar-refractivity contribution >= 4 is 56.5 Å². The number of hydrogen-bond acceptors (Lipinski definition) is 4. The molecule has 8 heteroatoms. The fourth-order valence-electron chi connectivity index (χ4n) is 1.45. The van der Waals surface area contributed by atoms with Crippen molar-refractivity contribution in [3.05, 3.63) is 50.5 Å². The highest BCUT2D eigenvalue weighted by Gasteiger charge is 2.14. The summed E-state index contributed by atoms with van der Waals surface area (Å²) < 4.78 is 0.655. The van der Waals surface area contributed by atoms with Crippen LogP contribution in [0.2, 0.25) is 10.0 Å². The van der Waals surface area contributed by atoms with Crippen molar-refractivity contribution < 1.29 is 4.79 Å². The summed E-state index contributed by atoms with van der Waals surface area (Å²) in [7, 11) is 0. The van der Waals surface area contributed by atoms with Gasteiger partial charge in [0.25, 0.3) is 5.91 Å². The second kappa shape index (κ2) is 6.41. The lowest BCUT2D eigenvalue weighted by atomic mass is 10.3. The molecule has 5 nitrogen and oxygen atoms in total. The fourth-order valence-corrected chi connectivity index (χ4v) is 2.43. The molecule has 0 aliphatic carbocycles. The van der Waals surface area contributed by atoms with Crippen LogP contribution in [0.4, 0.5) is 11.5 Å². The number of nitrogens with two attached hydrogens (primary N) is 1. The Labute approximate surface area is 133 Å². The van der Waals surface area contributed by atoms with E-state index in [4.69, 9.17) is 29.0 Å². The molecule has 1 aromatic carbocycles. The van der Waals surface area contributed by atoms with Gasteiger partial charge in [-0.1, -0.05) is 23.2 Å². The van der Waals surface area contributed by atoms with Crippen LogP contribution in [0.5, 0.6) is 0 Å². The quantitative estimate of drug-likeness (QED) is 0.564. The first-order chi connectivity index (χ1) is 9.51. The fraction of sp³-hybridized carbons (Fsp3) is 0. The highest BCUT2D eigenvalue weighted by molar-refractivity contribution is 9.10. The zero-order valence-electron chi connectivity index (χ0n) is 9.95. The van der Waals surface area contributed by atoms with Crippen LogP contribution in [0.1, 0.15) is 10.5 Å². The van der Waals surface area contributed by atoms with E-state index in [2.05, 4.69) is 31.7 Å². The molecule has 1 amide bonds. The average Bonchev–Trinajstić information content (AvgIpc) is 2.42. The molecule has 4 N–H and O–H groups in total. The van der Waals surface area contributed by atoms with Crippen molar-refractivity contribution in [3.8, 4) is 0 Å². The molecule has 0 fully saturated rings. The molecule has 20 heavy (non-hydrogen) atoms.